The first kappa shape index (κ1) is 23.1. The van der Waals surface area contributed by atoms with Crippen LogP contribution >= 0.6 is 0 Å². The molecule has 1 fully saturated rings. The minimum Gasteiger partial charge on any atom is -0.497 e. The molecule has 0 aromatic heterocycles. The summed E-state index contributed by atoms with van der Waals surface area (Å²) < 4.78 is 16.7. The van der Waals surface area contributed by atoms with Crippen LogP contribution in [0.3, 0.4) is 0 Å². The lowest BCUT2D eigenvalue weighted by molar-refractivity contribution is -0.123. The van der Waals surface area contributed by atoms with Crippen LogP contribution in [0.1, 0.15) is 42.5 Å². The molecule has 6 heteroatoms. The molecule has 1 heterocycles. The van der Waals surface area contributed by atoms with E-state index in [1.165, 1.54) is 0 Å². The van der Waals surface area contributed by atoms with E-state index in [9.17, 15) is 4.79 Å². The van der Waals surface area contributed by atoms with Gasteiger partial charge >= 0.3 is 0 Å². The normalized spacial score (nSPS) is 15.5. The molecule has 1 aliphatic heterocycles. The Bertz CT molecular complexity index is 845. The molecular formula is C25H34N2O4. The Balaban J connectivity index is 1.62. The van der Waals surface area contributed by atoms with Gasteiger partial charge in [0.05, 0.1) is 26.4 Å². The molecule has 1 saturated heterocycles. The zero-order valence-electron chi connectivity index (χ0n) is 19.0. The van der Waals surface area contributed by atoms with Crippen molar-refractivity contribution in [2.24, 2.45) is 0 Å². The summed E-state index contributed by atoms with van der Waals surface area (Å²) in [6.45, 7) is 9.87. The van der Waals surface area contributed by atoms with Gasteiger partial charge in [-0.1, -0.05) is 38.1 Å². The van der Waals surface area contributed by atoms with Crippen LogP contribution in [-0.4, -0.2) is 57.4 Å². The van der Waals surface area contributed by atoms with Gasteiger partial charge in [-0.05, 0) is 47.7 Å². The summed E-state index contributed by atoms with van der Waals surface area (Å²) >= 11 is 0. The topological polar surface area (TPSA) is 60.0 Å². The highest BCUT2D eigenvalue weighted by atomic mass is 16.5. The molecule has 2 aromatic rings. The van der Waals surface area contributed by atoms with E-state index < -0.39 is 0 Å². The second kappa shape index (κ2) is 11.2. The Morgan fingerprint density at radius 3 is 2.48 bits per heavy atom. The number of nitrogens with one attached hydrogen (secondary N) is 1. The quantitative estimate of drug-likeness (QED) is 0.663. The lowest BCUT2D eigenvalue weighted by Gasteiger charge is -2.35. The Labute approximate surface area is 185 Å². The van der Waals surface area contributed by atoms with Crippen molar-refractivity contribution in [3.63, 3.8) is 0 Å². The summed E-state index contributed by atoms with van der Waals surface area (Å²) in [6, 6.07) is 14.2. The predicted octanol–water partition coefficient (Wildman–Crippen LogP) is 3.70. The van der Waals surface area contributed by atoms with Crippen molar-refractivity contribution in [1.29, 1.82) is 0 Å². The monoisotopic (exact) mass is 426 g/mol. The SMILES string of the molecule is COc1ccc([C@H](CNC(=O)COc2cc(C)ccc2C(C)C)N2CCOCC2)cc1. The van der Waals surface area contributed by atoms with Gasteiger partial charge in [-0.25, -0.2) is 0 Å². The first-order chi connectivity index (χ1) is 15.0. The van der Waals surface area contributed by atoms with E-state index in [2.05, 4.69) is 48.3 Å². The summed E-state index contributed by atoms with van der Waals surface area (Å²) in [7, 11) is 1.66. The fourth-order valence-corrected chi connectivity index (χ4v) is 3.82. The fourth-order valence-electron chi connectivity index (χ4n) is 3.82. The summed E-state index contributed by atoms with van der Waals surface area (Å²) in [5.41, 5.74) is 3.37. The molecule has 3 rings (SSSR count). The van der Waals surface area contributed by atoms with Gasteiger partial charge in [0, 0.05) is 19.6 Å². The van der Waals surface area contributed by atoms with Crippen LogP contribution in [0.4, 0.5) is 0 Å². The first-order valence-corrected chi connectivity index (χ1v) is 10.9. The average molecular weight is 427 g/mol. The predicted molar refractivity (Wildman–Crippen MR) is 122 cm³/mol. The van der Waals surface area contributed by atoms with E-state index in [-0.39, 0.29) is 18.6 Å². The highest BCUT2D eigenvalue weighted by molar-refractivity contribution is 5.77. The highest BCUT2D eigenvalue weighted by Crippen LogP contribution is 2.27. The molecule has 0 bridgehead atoms. The second-order valence-electron chi connectivity index (χ2n) is 8.23. The van der Waals surface area contributed by atoms with Crippen LogP contribution in [0.2, 0.25) is 0 Å². The third-order valence-electron chi connectivity index (χ3n) is 5.63. The lowest BCUT2D eigenvalue weighted by atomic mass is 10.0. The van der Waals surface area contributed by atoms with Crippen LogP contribution in [0.5, 0.6) is 11.5 Å². The summed E-state index contributed by atoms with van der Waals surface area (Å²) in [5, 5.41) is 3.06. The number of carbonyl (C=O) groups is 1. The van der Waals surface area contributed by atoms with Gasteiger partial charge < -0.3 is 19.5 Å². The molecule has 1 amide bonds. The maximum atomic E-state index is 12.6. The molecule has 0 aliphatic carbocycles. The maximum Gasteiger partial charge on any atom is 0.258 e. The van der Waals surface area contributed by atoms with Crippen LogP contribution < -0.4 is 14.8 Å². The van der Waals surface area contributed by atoms with Crippen LogP contribution in [0, 0.1) is 6.92 Å². The van der Waals surface area contributed by atoms with E-state index >= 15 is 0 Å². The lowest BCUT2D eigenvalue weighted by Crippen LogP contribution is -2.44. The zero-order valence-corrected chi connectivity index (χ0v) is 19.0. The Hall–Kier alpha value is -2.57. The summed E-state index contributed by atoms with van der Waals surface area (Å²) in [6.07, 6.45) is 0. The number of benzene rings is 2. The molecular weight excluding hydrogens is 392 g/mol. The molecule has 0 spiro atoms. The fraction of sp³-hybridized carbons (Fsp3) is 0.480. The van der Waals surface area contributed by atoms with E-state index in [0.29, 0.717) is 25.7 Å². The molecule has 0 unspecified atom stereocenters. The van der Waals surface area contributed by atoms with Crippen molar-refractivity contribution in [3.8, 4) is 11.5 Å². The average Bonchev–Trinajstić information content (AvgIpc) is 2.79. The van der Waals surface area contributed by atoms with E-state index in [1.807, 2.05) is 25.1 Å². The van der Waals surface area contributed by atoms with Crippen molar-refractivity contribution in [2.45, 2.75) is 32.7 Å². The number of aryl methyl sites for hydroxylation is 1. The molecule has 31 heavy (non-hydrogen) atoms. The maximum absolute atomic E-state index is 12.6. The third kappa shape index (κ3) is 6.45. The first-order valence-electron chi connectivity index (χ1n) is 10.9. The summed E-state index contributed by atoms with van der Waals surface area (Å²) in [5.74, 6) is 1.81. The molecule has 168 valence electrons. The third-order valence-corrected chi connectivity index (χ3v) is 5.63. The Kier molecular flexibility index (Phi) is 8.32. The second-order valence-corrected chi connectivity index (χ2v) is 8.23. The van der Waals surface area contributed by atoms with Crippen molar-refractivity contribution >= 4 is 5.91 Å². The van der Waals surface area contributed by atoms with Crippen molar-refractivity contribution < 1.29 is 19.0 Å². The molecule has 1 atom stereocenters. The number of amides is 1. The van der Waals surface area contributed by atoms with Crippen molar-refractivity contribution in [3.05, 3.63) is 59.2 Å². The van der Waals surface area contributed by atoms with Crippen LogP contribution in [-0.2, 0) is 9.53 Å². The van der Waals surface area contributed by atoms with Crippen LogP contribution in [0.25, 0.3) is 0 Å². The molecule has 6 nitrogen and oxygen atoms in total. The molecule has 2 aromatic carbocycles. The number of nitrogens with zero attached hydrogens (tertiary/aromatic N) is 1. The molecule has 0 saturated carbocycles. The van der Waals surface area contributed by atoms with Gasteiger partial charge in [-0.2, -0.15) is 0 Å². The zero-order chi connectivity index (χ0) is 22.2. The van der Waals surface area contributed by atoms with Crippen molar-refractivity contribution in [2.75, 3.05) is 46.6 Å². The van der Waals surface area contributed by atoms with Gasteiger partial charge in [0.1, 0.15) is 11.5 Å². The molecule has 1 aliphatic rings. The van der Waals surface area contributed by atoms with Gasteiger partial charge in [0.2, 0.25) is 0 Å². The van der Waals surface area contributed by atoms with E-state index in [4.69, 9.17) is 14.2 Å². The number of hydrogen-bond acceptors (Lipinski definition) is 5. The van der Waals surface area contributed by atoms with Crippen LogP contribution in [0.15, 0.2) is 42.5 Å². The standard InChI is InChI=1S/C25H34N2O4/c1-18(2)22-10-5-19(3)15-24(22)31-17-25(28)26-16-23(27-11-13-30-14-12-27)20-6-8-21(29-4)9-7-20/h5-10,15,18,23H,11-14,16-17H2,1-4H3,(H,26,28)/t23-/m0/s1. The number of rotatable bonds is 9. The largest absolute Gasteiger partial charge is 0.497 e. The highest BCUT2D eigenvalue weighted by Gasteiger charge is 2.23. The van der Waals surface area contributed by atoms with Gasteiger partial charge in [-0.15, -0.1) is 0 Å². The minimum absolute atomic E-state index is 0.00160. The van der Waals surface area contributed by atoms with Crippen molar-refractivity contribution in [1.82, 2.24) is 10.2 Å². The number of carbonyl (C=O) groups excluding carboxylic acids is 1. The number of hydrogen-bond donors (Lipinski definition) is 1. The number of ether oxygens (including phenoxy) is 3. The number of morpholine rings is 1. The Morgan fingerprint density at radius 2 is 1.84 bits per heavy atom. The number of methoxy groups -OCH3 is 1. The minimum atomic E-state index is -0.122. The smallest absolute Gasteiger partial charge is 0.258 e. The molecule has 1 N–H and O–H groups in total. The van der Waals surface area contributed by atoms with E-state index in [1.54, 1.807) is 7.11 Å². The summed E-state index contributed by atoms with van der Waals surface area (Å²) in [4.78, 5) is 15.0. The van der Waals surface area contributed by atoms with Gasteiger partial charge in [0.25, 0.3) is 5.91 Å². The Morgan fingerprint density at radius 1 is 1.13 bits per heavy atom. The van der Waals surface area contributed by atoms with E-state index in [0.717, 1.165) is 41.3 Å². The molecule has 0 radical (unpaired) electrons. The van der Waals surface area contributed by atoms with Gasteiger partial charge in [0.15, 0.2) is 6.61 Å². The van der Waals surface area contributed by atoms with Gasteiger partial charge in [-0.3, -0.25) is 9.69 Å².